The third-order valence-electron chi connectivity index (χ3n) is 5.64. The van der Waals surface area contributed by atoms with E-state index in [1.54, 1.807) is 6.07 Å². The van der Waals surface area contributed by atoms with Crippen molar-refractivity contribution in [3.8, 4) is 0 Å². The average molecular weight is 449 g/mol. The van der Waals surface area contributed by atoms with Gasteiger partial charge in [0.25, 0.3) is 11.5 Å². The smallest absolute Gasteiger partial charge is 0.330 e. The highest BCUT2D eigenvalue weighted by Crippen LogP contribution is 2.20. The maximum Gasteiger partial charge on any atom is 0.330 e. The third-order valence-corrected chi connectivity index (χ3v) is 5.64. The maximum atomic E-state index is 13.3. The number of benzene rings is 1. The van der Waals surface area contributed by atoms with E-state index in [0.29, 0.717) is 18.1 Å². The first kappa shape index (κ1) is 22.4. The van der Waals surface area contributed by atoms with E-state index >= 15 is 0 Å². The van der Waals surface area contributed by atoms with Gasteiger partial charge in [0.15, 0.2) is 5.65 Å². The number of aromatic nitrogens is 5. The summed E-state index contributed by atoms with van der Waals surface area (Å²) in [5.41, 5.74) is 1.73. The molecule has 0 aliphatic heterocycles. The van der Waals surface area contributed by atoms with E-state index in [1.807, 2.05) is 63.6 Å². The van der Waals surface area contributed by atoms with Crippen LogP contribution in [0.5, 0.6) is 0 Å². The fourth-order valence-corrected chi connectivity index (χ4v) is 3.91. The first-order valence-electron chi connectivity index (χ1n) is 11.0. The number of carbonyl (C=O) groups is 1. The number of fused-ring (bicyclic) bond motifs is 2. The van der Waals surface area contributed by atoms with Crippen molar-refractivity contribution in [2.24, 2.45) is 13.0 Å². The highest BCUT2D eigenvalue weighted by atomic mass is 16.2. The second-order valence-corrected chi connectivity index (χ2v) is 8.97. The molecular weight excluding hydrogens is 420 g/mol. The number of pyridine rings is 1. The third kappa shape index (κ3) is 4.18. The van der Waals surface area contributed by atoms with Crippen molar-refractivity contribution in [1.29, 1.82) is 0 Å². The molecule has 33 heavy (non-hydrogen) atoms. The Bertz CT molecular complexity index is 1480. The van der Waals surface area contributed by atoms with Gasteiger partial charge in [-0.05, 0) is 30.0 Å². The number of para-hydroxylation sites is 2. The van der Waals surface area contributed by atoms with Crippen molar-refractivity contribution in [3.05, 3.63) is 68.3 Å². The molecule has 0 bridgehead atoms. The van der Waals surface area contributed by atoms with Crippen LogP contribution in [-0.4, -0.2) is 30.0 Å². The van der Waals surface area contributed by atoms with E-state index in [2.05, 4.69) is 20.3 Å². The van der Waals surface area contributed by atoms with Crippen LogP contribution in [0.3, 0.4) is 0 Å². The lowest BCUT2D eigenvalue weighted by Crippen LogP contribution is -2.34. The molecule has 0 aliphatic rings. The molecule has 2 N–H and O–H groups in total. The molecule has 9 nitrogen and oxygen atoms in total. The Balaban J connectivity index is 1.79. The Morgan fingerprint density at radius 1 is 1.12 bits per heavy atom. The summed E-state index contributed by atoms with van der Waals surface area (Å²) in [6, 6.07) is 9.37. The SMILES string of the molecule is CC(C)Cn1c(=O)[nH]c(=O)c2c(C(=O)NCc3nc4ccccc4n3C)cc(C(C)C)nc21. The summed E-state index contributed by atoms with van der Waals surface area (Å²) in [5.74, 6) is 0.424. The molecule has 0 aliphatic carbocycles. The summed E-state index contributed by atoms with van der Waals surface area (Å²) >= 11 is 0. The van der Waals surface area contributed by atoms with Crippen LogP contribution in [0.4, 0.5) is 0 Å². The number of nitrogens with zero attached hydrogens (tertiary/aromatic N) is 4. The Morgan fingerprint density at radius 2 is 1.85 bits per heavy atom. The number of imidazole rings is 1. The van der Waals surface area contributed by atoms with Gasteiger partial charge in [0.2, 0.25) is 0 Å². The first-order chi connectivity index (χ1) is 15.7. The normalized spacial score (nSPS) is 11.7. The van der Waals surface area contributed by atoms with Crippen molar-refractivity contribution < 1.29 is 4.79 Å². The number of aromatic amines is 1. The Labute approximate surface area is 190 Å². The molecule has 3 heterocycles. The Morgan fingerprint density at radius 3 is 2.52 bits per heavy atom. The molecule has 0 atom stereocenters. The Kier molecular flexibility index (Phi) is 5.88. The standard InChI is InChI=1S/C24H28N6O3/c1-13(2)12-30-21-20(23(32)28-24(30)33)15(10-17(27-21)14(3)4)22(31)25-11-19-26-16-8-6-7-9-18(16)29(19)5/h6-10,13-14H,11-12H2,1-5H3,(H,25,31)(H,28,32,33). The second kappa shape index (κ2) is 8.65. The van der Waals surface area contributed by atoms with Gasteiger partial charge >= 0.3 is 5.69 Å². The van der Waals surface area contributed by atoms with Crippen LogP contribution < -0.4 is 16.6 Å². The molecule has 3 aromatic heterocycles. The van der Waals surface area contributed by atoms with Gasteiger partial charge in [-0.15, -0.1) is 0 Å². The number of amides is 1. The minimum atomic E-state index is -0.620. The number of rotatable bonds is 6. The largest absolute Gasteiger partial charge is 0.345 e. The van der Waals surface area contributed by atoms with Crippen LogP contribution in [-0.2, 0) is 20.1 Å². The lowest BCUT2D eigenvalue weighted by atomic mass is 10.0. The number of hydrogen-bond donors (Lipinski definition) is 2. The molecule has 4 aromatic rings. The highest BCUT2D eigenvalue weighted by Gasteiger charge is 2.21. The number of H-pyrrole nitrogens is 1. The topological polar surface area (TPSA) is 115 Å². The molecule has 1 amide bonds. The van der Waals surface area contributed by atoms with Gasteiger partial charge < -0.3 is 9.88 Å². The summed E-state index contributed by atoms with van der Waals surface area (Å²) in [6.45, 7) is 8.41. The van der Waals surface area contributed by atoms with E-state index in [4.69, 9.17) is 0 Å². The van der Waals surface area contributed by atoms with Gasteiger partial charge in [-0.3, -0.25) is 19.1 Å². The van der Waals surface area contributed by atoms with E-state index in [0.717, 1.165) is 11.0 Å². The van der Waals surface area contributed by atoms with Gasteiger partial charge in [0, 0.05) is 19.3 Å². The summed E-state index contributed by atoms with van der Waals surface area (Å²) in [5, 5.41) is 3.00. The van der Waals surface area contributed by atoms with E-state index in [1.165, 1.54) is 4.57 Å². The zero-order chi connectivity index (χ0) is 23.9. The molecular formula is C24H28N6O3. The predicted molar refractivity (Wildman–Crippen MR) is 127 cm³/mol. The summed E-state index contributed by atoms with van der Waals surface area (Å²) in [6.07, 6.45) is 0. The van der Waals surface area contributed by atoms with Gasteiger partial charge in [-0.25, -0.2) is 14.8 Å². The molecule has 1 aromatic carbocycles. The number of aryl methyl sites for hydroxylation is 1. The van der Waals surface area contributed by atoms with Crippen LogP contribution in [0.15, 0.2) is 39.9 Å². The number of carbonyl (C=O) groups excluding carboxylic acids is 1. The fourth-order valence-electron chi connectivity index (χ4n) is 3.91. The second-order valence-electron chi connectivity index (χ2n) is 8.97. The van der Waals surface area contributed by atoms with Crippen LogP contribution >= 0.6 is 0 Å². The highest BCUT2D eigenvalue weighted by molar-refractivity contribution is 6.05. The van der Waals surface area contributed by atoms with E-state index < -0.39 is 17.2 Å². The monoisotopic (exact) mass is 448 g/mol. The number of nitrogens with one attached hydrogen (secondary N) is 2. The minimum absolute atomic E-state index is 0.00248. The average Bonchev–Trinajstić information content (AvgIpc) is 3.09. The summed E-state index contributed by atoms with van der Waals surface area (Å²) < 4.78 is 3.36. The van der Waals surface area contributed by atoms with Crippen molar-refractivity contribution in [1.82, 2.24) is 29.4 Å². The van der Waals surface area contributed by atoms with Gasteiger partial charge in [0.05, 0.1) is 28.5 Å². The lowest BCUT2D eigenvalue weighted by Gasteiger charge is -2.16. The van der Waals surface area contributed by atoms with E-state index in [9.17, 15) is 14.4 Å². The van der Waals surface area contributed by atoms with Crippen molar-refractivity contribution >= 4 is 28.0 Å². The van der Waals surface area contributed by atoms with Crippen LogP contribution in [0.2, 0.25) is 0 Å². The zero-order valence-electron chi connectivity index (χ0n) is 19.5. The molecule has 0 unspecified atom stereocenters. The van der Waals surface area contributed by atoms with Crippen LogP contribution in [0.25, 0.3) is 22.1 Å². The predicted octanol–water partition coefficient (Wildman–Crippen LogP) is 2.68. The van der Waals surface area contributed by atoms with Crippen molar-refractivity contribution in [2.45, 2.75) is 46.7 Å². The number of hydrogen-bond acceptors (Lipinski definition) is 5. The van der Waals surface area contributed by atoms with Gasteiger partial charge in [0.1, 0.15) is 5.82 Å². The van der Waals surface area contributed by atoms with Gasteiger partial charge in [-0.2, -0.15) is 0 Å². The molecule has 0 saturated heterocycles. The molecule has 172 valence electrons. The quantitative estimate of drug-likeness (QED) is 0.471. The molecule has 0 radical (unpaired) electrons. The summed E-state index contributed by atoms with van der Waals surface area (Å²) in [7, 11) is 1.89. The van der Waals surface area contributed by atoms with Crippen LogP contribution in [0.1, 0.15) is 55.5 Å². The maximum absolute atomic E-state index is 13.3. The van der Waals surface area contributed by atoms with Crippen molar-refractivity contribution in [2.75, 3.05) is 0 Å². The fraction of sp³-hybridized carbons (Fsp3) is 0.375. The molecule has 0 spiro atoms. The molecule has 9 heteroatoms. The minimum Gasteiger partial charge on any atom is -0.345 e. The van der Waals surface area contributed by atoms with E-state index in [-0.39, 0.29) is 35.0 Å². The van der Waals surface area contributed by atoms with Crippen molar-refractivity contribution in [3.63, 3.8) is 0 Å². The first-order valence-corrected chi connectivity index (χ1v) is 11.0. The lowest BCUT2D eigenvalue weighted by molar-refractivity contribution is 0.0951. The zero-order valence-corrected chi connectivity index (χ0v) is 19.5. The van der Waals surface area contributed by atoms with Gasteiger partial charge in [-0.1, -0.05) is 39.8 Å². The molecule has 4 rings (SSSR count). The molecule has 0 fully saturated rings. The van der Waals surface area contributed by atoms with Crippen LogP contribution in [0, 0.1) is 5.92 Å². The summed E-state index contributed by atoms with van der Waals surface area (Å²) in [4.78, 5) is 50.1. The Hall–Kier alpha value is -3.75. The molecule has 0 saturated carbocycles.